The second kappa shape index (κ2) is 6.32. The van der Waals surface area contributed by atoms with Gasteiger partial charge in [0.2, 0.25) is 0 Å². The summed E-state index contributed by atoms with van der Waals surface area (Å²) < 4.78 is 4.69. The van der Waals surface area contributed by atoms with Gasteiger partial charge in [-0.2, -0.15) is 5.26 Å². The highest BCUT2D eigenvalue weighted by Gasteiger charge is 2.19. The van der Waals surface area contributed by atoms with Gasteiger partial charge in [0.15, 0.2) is 6.10 Å². The summed E-state index contributed by atoms with van der Waals surface area (Å²) in [6.45, 7) is -0.151. The molecule has 8 nitrogen and oxygen atoms in total. The smallest absolute Gasteiger partial charge is 0.334 e. The van der Waals surface area contributed by atoms with Crippen molar-refractivity contribution in [3.63, 3.8) is 0 Å². The molecule has 8 heteroatoms. The zero-order valence-corrected chi connectivity index (χ0v) is 9.99. The van der Waals surface area contributed by atoms with Crippen LogP contribution in [0.15, 0.2) is 18.2 Å². The van der Waals surface area contributed by atoms with E-state index in [4.69, 9.17) is 15.1 Å². The third kappa shape index (κ3) is 3.65. The van der Waals surface area contributed by atoms with Crippen molar-refractivity contribution in [2.75, 3.05) is 19.0 Å². The maximum absolute atomic E-state index is 10.8. The predicted molar refractivity (Wildman–Crippen MR) is 64.7 cm³/mol. The number of ether oxygens (including phenoxy) is 1. The predicted octanol–water partition coefficient (Wildman–Crippen LogP) is 0.978. The molecule has 1 unspecified atom stereocenters. The average molecular weight is 265 g/mol. The number of nitro benzene ring substituents is 1. The van der Waals surface area contributed by atoms with Crippen LogP contribution in [0.1, 0.15) is 5.56 Å². The van der Waals surface area contributed by atoms with Crippen LogP contribution in [0.5, 0.6) is 0 Å². The molecule has 100 valence electrons. The minimum absolute atomic E-state index is 0.0763. The zero-order valence-electron chi connectivity index (χ0n) is 9.99. The molecule has 0 spiro atoms. The molecule has 1 atom stereocenters. The number of hydrogen-bond acceptors (Lipinski definition) is 6. The lowest BCUT2D eigenvalue weighted by Gasteiger charge is -2.12. The Kier molecular flexibility index (Phi) is 4.79. The maximum Gasteiger partial charge on any atom is 0.334 e. The molecule has 1 rings (SSSR count). The van der Waals surface area contributed by atoms with E-state index in [-0.39, 0.29) is 23.5 Å². The van der Waals surface area contributed by atoms with Gasteiger partial charge in [-0.3, -0.25) is 10.1 Å². The number of nitrogens with one attached hydrogen (secondary N) is 1. The average Bonchev–Trinajstić information content (AvgIpc) is 2.38. The van der Waals surface area contributed by atoms with Gasteiger partial charge in [0.1, 0.15) is 5.69 Å². The van der Waals surface area contributed by atoms with Crippen LogP contribution in [0.4, 0.5) is 11.4 Å². The molecule has 1 aromatic carbocycles. The number of carboxylic acid groups (broad SMARTS) is 1. The van der Waals surface area contributed by atoms with E-state index in [1.54, 1.807) is 0 Å². The van der Waals surface area contributed by atoms with E-state index in [0.717, 1.165) is 0 Å². The Morgan fingerprint density at radius 2 is 2.37 bits per heavy atom. The van der Waals surface area contributed by atoms with Gasteiger partial charge in [-0.05, 0) is 12.1 Å². The number of benzene rings is 1. The fraction of sp³-hybridized carbons (Fsp3) is 0.273. The normalized spacial score (nSPS) is 11.4. The third-order valence-corrected chi connectivity index (χ3v) is 2.36. The van der Waals surface area contributed by atoms with Crippen molar-refractivity contribution in [1.82, 2.24) is 0 Å². The third-order valence-electron chi connectivity index (χ3n) is 2.36. The lowest BCUT2D eigenvalue weighted by molar-refractivity contribution is -0.384. The summed E-state index contributed by atoms with van der Waals surface area (Å²) in [6, 6.07) is 5.63. The molecule has 0 saturated carbocycles. The van der Waals surface area contributed by atoms with Gasteiger partial charge in [0, 0.05) is 13.2 Å². The molecular formula is C11H11N3O5. The first kappa shape index (κ1) is 14.4. The van der Waals surface area contributed by atoms with E-state index in [2.05, 4.69) is 5.32 Å². The van der Waals surface area contributed by atoms with Crippen LogP contribution in [0.3, 0.4) is 0 Å². The minimum Gasteiger partial charge on any atom is -0.479 e. The number of nitrogens with zero attached hydrogens (tertiary/aromatic N) is 2. The van der Waals surface area contributed by atoms with Gasteiger partial charge in [-0.15, -0.1) is 0 Å². The molecule has 0 aliphatic carbocycles. The van der Waals surface area contributed by atoms with E-state index >= 15 is 0 Å². The van der Waals surface area contributed by atoms with Crippen molar-refractivity contribution in [3.05, 3.63) is 33.9 Å². The second-order valence-electron chi connectivity index (χ2n) is 3.54. The Bertz CT molecular complexity index is 538. The molecule has 19 heavy (non-hydrogen) atoms. The number of nitro groups is 1. The second-order valence-corrected chi connectivity index (χ2v) is 3.54. The van der Waals surface area contributed by atoms with E-state index in [1.807, 2.05) is 6.07 Å². The summed E-state index contributed by atoms with van der Waals surface area (Å²) in [5.74, 6) is -1.19. The van der Waals surface area contributed by atoms with Crippen molar-refractivity contribution in [2.45, 2.75) is 6.10 Å². The van der Waals surface area contributed by atoms with Crippen LogP contribution in [-0.2, 0) is 9.53 Å². The molecule has 0 fully saturated rings. The molecule has 0 saturated heterocycles. The Morgan fingerprint density at radius 3 is 2.84 bits per heavy atom. The lowest BCUT2D eigenvalue weighted by atomic mass is 10.2. The lowest BCUT2D eigenvalue weighted by Crippen LogP contribution is -2.30. The number of carboxylic acids is 1. The van der Waals surface area contributed by atoms with Crippen molar-refractivity contribution in [3.8, 4) is 6.07 Å². The molecule has 0 heterocycles. The Labute approximate surface area is 108 Å². The summed E-state index contributed by atoms with van der Waals surface area (Å²) in [5, 5.41) is 30.9. The maximum atomic E-state index is 10.8. The summed E-state index contributed by atoms with van der Waals surface area (Å²) in [6.07, 6.45) is -1.13. The topological polar surface area (TPSA) is 125 Å². The van der Waals surface area contributed by atoms with Crippen LogP contribution in [0.25, 0.3) is 0 Å². The van der Waals surface area contributed by atoms with Gasteiger partial charge in [0.25, 0.3) is 5.69 Å². The number of carbonyl (C=O) groups is 1. The molecule has 0 radical (unpaired) electrons. The van der Waals surface area contributed by atoms with E-state index in [9.17, 15) is 14.9 Å². The van der Waals surface area contributed by atoms with Gasteiger partial charge < -0.3 is 15.2 Å². The van der Waals surface area contributed by atoms with Crippen LogP contribution in [0.2, 0.25) is 0 Å². The first-order valence-electron chi connectivity index (χ1n) is 5.17. The first-order valence-corrected chi connectivity index (χ1v) is 5.17. The van der Waals surface area contributed by atoms with Crippen molar-refractivity contribution < 1.29 is 19.6 Å². The van der Waals surface area contributed by atoms with Gasteiger partial charge in [-0.25, -0.2) is 4.79 Å². The fourth-order valence-electron chi connectivity index (χ4n) is 1.38. The van der Waals surface area contributed by atoms with Gasteiger partial charge in [0.05, 0.1) is 23.1 Å². The Hall–Kier alpha value is -2.66. The van der Waals surface area contributed by atoms with Crippen LogP contribution in [0, 0.1) is 21.4 Å². The van der Waals surface area contributed by atoms with E-state index in [0.29, 0.717) is 0 Å². The highest BCUT2D eigenvalue weighted by atomic mass is 16.6. The number of anilines is 1. The molecular weight excluding hydrogens is 254 g/mol. The Morgan fingerprint density at radius 1 is 1.68 bits per heavy atom. The quantitative estimate of drug-likeness (QED) is 0.579. The fourth-order valence-corrected chi connectivity index (χ4v) is 1.38. The molecule has 0 aromatic heterocycles. The van der Waals surface area contributed by atoms with Crippen LogP contribution < -0.4 is 5.32 Å². The summed E-state index contributed by atoms with van der Waals surface area (Å²) in [4.78, 5) is 20.9. The summed E-state index contributed by atoms with van der Waals surface area (Å²) in [5.41, 5.74) is 0.0731. The molecule has 0 amide bonds. The first-order chi connectivity index (χ1) is 8.99. The number of rotatable bonds is 6. The molecule has 0 bridgehead atoms. The van der Waals surface area contributed by atoms with Gasteiger partial charge >= 0.3 is 5.97 Å². The zero-order chi connectivity index (χ0) is 14.4. The summed E-state index contributed by atoms with van der Waals surface area (Å²) >= 11 is 0. The van der Waals surface area contributed by atoms with Crippen LogP contribution in [-0.4, -0.2) is 35.8 Å². The number of aliphatic carboxylic acids is 1. The molecule has 0 aliphatic heterocycles. The number of methoxy groups -OCH3 is 1. The van der Waals surface area contributed by atoms with Gasteiger partial charge in [-0.1, -0.05) is 0 Å². The standard InChI is InChI=1S/C11H11N3O5/c1-19-10(11(15)16)6-13-8-4-7(5-12)2-3-9(8)14(17)18/h2-4,10,13H,6H2,1H3,(H,15,16). The monoisotopic (exact) mass is 265 g/mol. The summed E-state index contributed by atoms with van der Waals surface area (Å²) in [7, 11) is 1.22. The highest BCUT2D eigenvalue weighted by Crippen LogP contribution is 2.25. The van der Waals surface area contributed by atoms with Crippen molar-refractivity contribution in [2.24, 2.45) is 0 Å². The highest BCUT2D eigenvalue weighted by molar-refractivity contribution is 5.74. The van der Waals surface area contributed by atoms with Crippen LogP contribution >= 0.6 is 0 Å². The van der Waals surface area contributed by atoms with E-state index in [1.165, 1.54) is 25.3 Å². The molecule has 2 N–H and O–H groups in total. The molecule has 1 aromatic rings. The Balaban J connectivity index is 2.95. The van der Waals surface area contributed by atoms with E-state index < -0.39 is 17.0 Å². The largest absolute Gasteiger partial charge is 0.479 e. The van der Waals surface area contributed by atoms with Crippen molar-refractivity contribution >= 4 is 17.3 Å². The SMILES string of the molecule is COC(CNc1cc(C#N)ccc1[N+](=O)[O-])C(=O)O. The molecule has 0 aliphatic rings. The number of nitriles is 1. The minimum atomic E-state index is -1.19. The number of hydrogen-bond donors (Lipinski definition) is 2. The van der Waals surface area contributed by atoms with Crippen molar-refractivity contribution in [1.29, 1.82) is 5.26 Å².